The van der Waals surface area contributed by atoms with Crippen LogP contribution in [0.3, 0.4) is 0 Å². The van der Waals surface area contributed by atoms with Crippen molar-refractivity contribution >= 4 is 0 Å². The minimum Gasteiger partial charge on any atom is -0.317 e. The van der Waals surface area contributed by atoms with Gasteiger partial charge in [-0.05, 0) is 79.8 Å². The maximum absolute atomic E-state index is 13.9. The van der Waals surface area contributed by atoms with Gasteiger partial charge in [0, 0.05) is 0 Å². The van der Waals surface area contributed by atoms with Gasteiger partial charge in [-0.2, -0.15) is 0 Å². The Bertz CT molecular complexity index is 470. The monoisotopic (exact) mass is 295 g/mol. The van der Waals surface area contributed by atoms with Crippen molar-refractivity contribution in [2.24, 2.45) is 17.3 Å². The van der Waals surface area contributed by atoms with Gasteiger partial charge >= 0.3 is 0 Å². The van der Waals surface area contributed by atoms with E-state index in [2.05, 4.69) is 26.1 Å². The summed E-state index contributed by atoms with van der Waals surface area (Å²) in [5.41, 5.74) is 0.830. The highest BCUT2D eigenvalue weighted by molar-refractivity contribution is 5.19. The van der Waals surface area contributed by atoms with Gasteiger partial charge < -0.3 is 5.32 Å². The third-order valence-corrected chi connectivity index (χ3v) is 4.82. The van der Waals surface area contributed by atoms with Crippen LogP contribution in [0.25, 0.3) is 0 Å². The van der Waals surface area contributed by atoms with Crippen LogP contribution in [0.1, 0.15) is 45.6 Å². The standard InChI is InChI=1S/C18H27F2N/c1-4-21-12-13-7-8-18(2,3)11-15(13)9-14-10-16(19)5-6-17(14)20/h5-6,10,13,15,21H,4,7-9,11-12H2,1-3H3. The van der Waals surface area contributed by atoms with Crippen molar-refractivity contribution in [1.82, 2.24) is 5.32 Å². The Morgan fingerprint density at radius 1 is 1.24 bits per heavy atom. The first-order chi connectivity index (χ1) is 9.91. The van der Waals surface area contributed by atoms with Gasteiger partial charge in [0.1, 0.15) is 11.6 Å². The van der Waals surface area contributed by atoms with Crippen molar-refractivity contribution in [3.63, 3.8) is 0 Å². The minimum absolute atomic E-state index is 0.276. The molecule has 0 aromatic heterocycles. The van der Waals surface area contributed by atoms with E-state index < -0.39 is 0 Å². The highest BCUT2D eigenvalue weighted by atomic mass is 19.1. The normalized spacial score (nSPS) is 25.0. The van der Waals surface area contributed by atoms with E-state index in [-0.39, 0.29) is 11.6 Å². The molecule has 2 rings (SSSR count). The average molecular weight is 295 g/mol. The molecule has 0 radical (unpaired) electrons. The molecule has 0 amide bonds. The maximum Gasteiger partial charge on any atom is 0.126 e. The van der Waals surface area contributed by atoms with E-state index in [1.807, 2.05) is 0 Å². The fourth-order valence-electron chi connectivity index (χ4n) is 3.61. The van der Waals surface area contributed by atoms with E-state index in [4.69, 9.17) is 0 Å². The maximum atomic E-state index is 13.9. The summed E-state index contributed by atoms with van der Waals surface area (Å²) in [6.45, 7) is 8.61. The van der Waals surface area contributed by atoms with Gasteiger partial charge in [-0.15, -0.1) is 0 Å². The van der Waals surface area contributed by atoms with E-state index >= 15 is 0 Å². The number of benzene rings is 1. The van der Waals surface area contributed by atoms with Crippen LogP contribution in [0.15, 0.2) is 18.2 Å². The molecule has 1 saturated carbocycles. The van der Waals surface area contributed by atoms with Gasteiger partial charge in [0.05, 0.1) is 0 Å². The first kappa shape index (κ1) is 16.4. The number of hydrogen-bond donors (Lipinski definition) is 1. The number of hydrogen-bond acceptors (Lipinski definition) is 1. The van der Waals surface area contributed by atoms with Crippen molar-refractivity contribution < 1.29 is 8.78 Å². The zero-order valence-corrected chi connectivity index (χ0v) is 13.4. The summed E-state index contributed by atoms with van der Waals surface area (Å²) in [5, 5.41) is 3.42. The fourth-order valence-corrected chi connectivity index (χ4v) is 3.61. The van der Waals surface area contributed by atoms with Crippen LogP contribution >= 0.6 is 0 Å². The lowest BCUT2D eigenvalue weighted by molar-refractivity contribution is 0.115. The predicted octanol–water partition coefficient (Wildman–Crippen LogP) is 4.56. The molecule has 2 atom stereocenters. The SMILES string of the molecule is CCNCC1CCC(C)(C)CC1Cc1cc(F)ccc1F. The summed E-state index contributed by atoms with van der Waals surface area (Å²) >= 11 is 0. The Kier molecular flexibility index (Phi) is 5.37. The Balaban J connectivity index is 2.13. The van der Waals surface area contributed by atoms with Crippen LogP contribution in [-0.2, 0) is 6.42 Å². The van der Waals surface area contributed by atoms with E-state index in [0.29, 0.717) is 29.2 Å². The lowest BCUT2D eigenvalue weighted by Crippen LogP contribution is -2.37. The summed E-state index contributed by atoms with van der Waals surface area (Å²) in [6, 6.07) is 3.80. The van der Waals surface area contributed by atoms with Crippen LogP contribution in [0, 0.1) is 28.9 Å². The molecule has 1 fully saturated rings. The molecule has 0 saturated heterocycles. The molecule has 1 aromatic carbocycles. The molecule has 1 aromatic rings. The van der Waals surface area contributed by atoms with Crippen molar-refractivity contribution in [2.75, 3.05) is 13.1 Å². The fraction of sp³-hybridized carbons (Fsp3) is 0.667. The van der Waals surface area contributed by atoms with E-state index in [1.165, 1.54) is 31.0 Å². The number of rotatable bonds is 5. The largest absolute Gasteiger partial charge is 0.317 e. The summed E-state index contributed by atoms with van der Waals surface area (Å²) in [6.07, 6.45) is 4.11. The molecule has 0 bridgehead atoms. The molecule has 3 heteroatoms. The van der Waals surface area contributed by atoms with Gasteiger partial charge in [-0.25, -0.2) is 8.78 Å². The molecule has 2 unspecified atom stereocenters. The molecule has 0 spiro atoms. The summed E-state index contributed by atoms with van der Waals surface area (Å²) in [5.74, 6) is 0.358. The minimum atomic E-state index is -0.343. The second kappa shape index (κ2) is 6.87. The molecule has 1 aliphatic rings. The van der Waals surface area contributed by atoms with Crippen molar-refractivity contribution in [2.45, 2.75) is 46.5 Å². The van der Waals surface area contributed by atoms with E-state index in [0.717, 1.165) is 19.5 Å². The molecule has 0 aliphatic heterocycles. The lowest BCUT2D eigenvalue weighted by atomic mass is 9.65. The average Bonchev–Trinajstić information content (AvgIpc) is 2.41. The first-order valence-electron chi connectivity index (χ1n) is 8.06. The zero-order valence-electron chi connectivity index (χ0n) is 13.4. The molecule has 1 aliphatic carbocycles. The summed E-state index contributed by atoms with van der Waals surface area (Å²) < 4.78 is 27.3. The lowest BCUT2D eigenvalue weighted by Gasteiger charge is -2.41. The third-order valence-electron chi connectivity index (χ3n) is 4.82. The second-order valence-electron chi connectivity index (χ2n) is 7.17. The van der Waals surface area contributed by atoms with Crippen LogP contribution < -0.4 is 5.32 Å². The quantitative estimate of drug-likeness (QED) is 0.839. The highest BCUT2D eigenvalue weighted by Gasteiger charge is 2.34. The Morgan fingerprint density at radius 2 is 2.00 bits per heavy atom. The van der Waals surface area contributed by atoms with Gasteiger partial charge in [-0.3, -0.25) is 0 Å². The third kappa shape index (κ3) is 4.50. The van der Waals surface area contributed by atoms with Crippen molar-refractivity contribution in [3.8, 4) is 0 Å². The zero-order chi connectivity index (χ0) is 15.5. The molecular formula is C18H27F2N. The molecule has 1 N–H and O–H groups in total. The van der Waals surface area contributed by atoms with Crippen LogP contribution in [0.5, 0.6) is 0 Å². The van der Waals surface area contributed by atoms with Crippen LogP contribution in [-0.4, -0.2) is 13.1 Å². The van der Waals surface area contributed by atoms with Gasteiger partial charge in [0.25, 0.3) is 0 Å². The van der Waals surface area contributed by atoms with Crippen LogP contribution in [0.2, 0.25) is 0 Å². The molecule has 0 heterocycles. The van der Waals surface area contributed by atoms with Gasteiger partial charge in [0.15, 0.2) is 0 Å². The highest BCUT2D eigenvalue weighted by Crippen LogP contribution is 2.43. The molecule has 1 nitrogen and oxygen atoms in total. The Hall–Kier alpha value is -0.960. The second-order valence-corrected chi connectivity index (χ2v) is 7.17. The summed E-state index contributed by atoms with van der Waals surface area (Å²) in [7, 11) is 0. The number of halogens is 2. The smallest absolute Gasteiger partial charge is 0.126 e. The number of nitrogens with one attached hydrogen (secondary N) is 1. The van der Waals surface area contributed by atoms with Crippen LogP contribution in [0.4, 0.5) is 8.78 Å². The van der Waals surface area contributed by atoms with E-state index in [1.54, 1.807) is 0 Å². The Morgan fingerprint density at radius 3 is 2.71 bits per heavy atom. The molecule has 118 valence electrons. The van der Waals surface area contributed by atoms with E-state index in [9.17, 15) is 8.78 Å². The summed E-state index contributed by atoms with van der Waals surface area (Å²) in [4.78, 5) is 0. The molecule has 21 heavy (non-hydrogen) atoms. The van der Waals surface area contributed by atoms with Gasteiger partial charge in [-0.1, -0.05) is 20.8 Å². The Labute approximate surface area is 127 Å². The van der Waals surface area contributed by atoms with Crippen molar-refractivity contribution in [3.05, 3.63) is 35.4 Å². The first-order valence-corrected chi connectivity index (χ1v) is 8.06. The van der Waals surface area contributed by atoms with Crippen molar-refractivity contribution in [1.29, 1.82) is 0 Å². The van der Waals surface area contributed by atoms with Gasteiger partial charge in [0.2, 0.25) is 0 Å². The predicted molar refractivity (Wildman–Crippen MR) is 83.2 cm³/mol. The molecular weight excluding hydrogens is 268 g/mol. The topological polar surface area (TPSA) is 12.0 Å².